The zero-order valence-electron chi connectivity index (χ0n) is 17.5. The molecule has 33 heavy (non-hydrogen) atoms. The van der Waals surface area contributed by atoms with Crippen molar-refractivity contribution in [2.75, 3.05) is 13.2 Å². The maximum Gasteiger partial charge on any atom is 0.468 e. The first-order chi connectivity index (χ1) is 15.0. The molecule has 0 spiro atoms. The summed E-state index contributed by atoms with van der Waals surface area (Å²) in [5, 5.41) is -2.87. The van der Waals surface area contributed by atoms with Crippen LogP contribution in [0.3, 0.4) is 0 Å². The largest absolute Gasteiger partial charge is 0.468 e. The first-order valence-corrected chi connectivity index (χ1v) is 11.7. The molecular formula is C18H24F5NO8S. The second-order valence-corrected chi connectivity index (χ2v) is 10.5. The number of esters is 1. The smallest absolute Gasteiger partial charge is 0.461 e. The fourth-order valence-electron chi connectivity index (χ4n) is 5.51. The SMILES string of the molecule is CCOC(=O)C(OCC(F)(F)S(=O)(=O)O)(OC(=O)NC12CC3CC(CC(C3)C1)C2)C(F)(F)F. The van der Waals surface area contributed by atoms with Gasteiger partial charge in [-0.1, -0.05) is 0 Å². The zero-order chi connectivity index (χ0) is 24.9. The average molecular weight is 509 g/mol. The van der Waals surface area contributed by atoms with Gasteiger partial charge >= 0.3 is 39.4 Å². The van der Waals surface area contributed by atoms with E-state index in [-0.39, 0.29) is 17.8 Å². The second kappa shape index (κ2) is 8.48. The Morgan fingerprint density at radius 2 is 1.52 bits per heavy atom. The Kier molecular flexibility index (Phi) is 6.65. The second-order valence-electron chi connectivity index (χ2n) is 8.95. The van der Waals surface area contributed by atoms with Gasteiger partial charge in [0.2, 0.25) is 0 Å². The lowest BCUT2D eigenvalue weighted by molar-refractivity contribution is -0.355. The van der Waals surface area contributed by atoms with Crippen LogP contribution in [0, 0.1) is 17.8 Å². The first-order valence-electron chi connectivity index (χ1n) is 10.3. The quantitative estimate of drug-likeness (QED) is 0.221. The lowest BCUT2D eigenvalue weighted by atomic mass is 9.53. The number of carbonyl (C=O) groups is 2. The number of hydrogen-bond acceptors (Lipinski definition) is 7. The molecule has 4 bridgehead atoms. The maximum atomic E-state index is 13.9. The van der Waals surface area contributed by atoms with Crippen molar-refractivity contribution in [1.82, 2.24) is 5.32 Å². The number of halogens is 5. The molecule has 1 unspecified atom stereocenters. The summed E-state index contributed by atoms with van der Waals surface area (Å²) in [4.78, 5) is 24.7. The molecule has 4 aliphatic rings. The topological polar surface area (TPSA) is 128 Å². The highest BCUT2D eigenvalue weighted by atomic mass is 32.2. The normalized spacial score (nSPS) is 31.1. The third-order valence-electron chi connectivity index (χ3n) is 6.38. The number of carbonyl (C=O) groups excluding carboxylic acids is 2. The summed E-state index contributed by atoms with van der Waals surface area (Å²) in [7, 11) is -6.21. The molecule has 1 atom stereocenters. The summed E-state index contributed by atoms with van der Waals surface area (Å²) in [6.45, 7) is -2.22. The number of alkyl carbamates (subject to hydrolysis) is 1. The summed E-state index contributed by atoms with van der Waals surface area (Å²) in [5.41, 5.74) is -0.865. The Morgan fingerprint density at radius 3 is 1.91 bits per heavy atom. The average Bonchev–Trinajstić information content (AvgIpc) is 2.61. The predicted octanol–water partition coefficient (Wildman–Crippen LogP) is 3.00. The summed E-state index contributed by atoms with van der Waals surface area (Å²) < 4.78 is 111. The van der Waals surface area contributed by atoms with Gasteiger partial charge in [0.1, 0.15) is 6.61 Å². The molecule has 9 nitrogen and oxygen atoms in total. The van der Waals surface area contributed by atoms with Gasteiger partial charge < -0.3 is 19.5 Å². The van der Waals surface area contributed by atoms with E-state index in [2.05, 4.69) is 19.5 Å². The number of hydrogen-bond donors (Lipinski definition) is 2. The number of nitrogens with one attached hydrogen (secondary N) is 1. The molecule has 0 aromatic rings. The van der Waals surface area contributed by atoms with Crippen LogP contribution in [0.25, 0.3) is 0 Å². The molecule has 4 fully saturated rings. The van der Waals surface area contributed by atoms with Gasteiger partial charge in [0, 0.05) is 5.54 Å². The van der Waals surface area contributed by atoms with Crippen LogP contribution in [0.1, 0.15) is 45.4 Å². The van der Waals surface area contributed by atoms with Crippen molar-refractivity contribution in [2.45, 2.75) is 68.2 Å². The van der Waals surface area contributed by atoms with Crippen molar-refractivity contribution < 1.29 is 58.7 Å². The van der Waals surface area contributed by atoms with Crippen LogP contribution >= 0.6 is 0 Å². The molecule has 0 heterocycles. The van der Waals surface area contributed by atoms with E-state index in [0.717, 1.165) is 26.2 Å². The number of rotatable bonds is 8. The Labute approximate surface area is 186 Å². The van der Waals surface area contributed by atoms with E-state index < -0.39 is 58.2 Å². The van der Waals surface area contributed by atoms with Crippen molar-refractivity contribution in [3.63, 3.8) is 0 Å². The van der Waals surface area contributed by atoms with E-state index in [1.54, 1.807) is 0 Å². The zero-order valence-corrected chi connectivity index (χ0v) is 18.3. The summed E-state index contributed by atoms with van der Waals surface area (Å²) in [6, 6.07) is 0. The molecule has 0 aromatic heterocycles. The Morgan fingerprint density at radius 1 is 1.03 bits per heavy atom. The first kappa shape index (κ1) is 25.9. The fraction of sp³-hybridized carbons (Fsp3) is 0.889. The van der Waals surface area contributed by atoms with Gasteiger partial charge in [0.05, 0.1) is 6.61 Å². The maximum absolute atomic E-state index is 13.9. The van der Waals surface area contributed by atoms with E-state index >= 15 is 0 Å². The van der Waals surface area contributed by atoms with Crippen LogP contribution < -0.4 is 5.32 Å². The highest BCUT2D eigenvalue weighted by Crippen LogP contribution is 2.55. The van der Waals surface area contributed by atoms with Gasteiger partial charge in [0.15, 0.2) is 0 Å². The Bertz CT molecular complexity index is 857. The molecular weight excluding hydrogens is 485 g/mol. The summed E-state index contributed by atoms with van der Waals surface area (Å²) >= 11 is 0. The van der Waals surface area contributed by atoms with Crippen molar-refractivity contribution >= 4 is 22.2 Å². The lowest BCUT2D eigenvalue weighted by Crippen LogP contribution is -2.64. The molecule has 1 amide bonds. The van der Waals surface area contributed by atoms with Gasteiger partial charge in [-0.05, 0) is 63.2 Å². The monoisotopic (exact) mass is 509 g/mol. The molecule has 4 rings (SSSR count). The van der Waals surface area contributed by atoms with Crippen LogP contribution in [0.15, 0.2) is 0 Å². The van der Waals surface area contributed by atoms with Gasteiger partial charge in [-0.25, -0.2) is 9.59 Å². The summed E-state index contributed by atoms with van der Waals surface area (Å²) in [6.07, 6.45) is -3.38. The molecule has 190 valence electrons. The molecule has 0 aromatic carbocycles. The highest BCUT2D eigenvalue weighted by molar-refractivity contribution is 7.86. The number of alkyl halides is 5. The van der Waals surface area contributed by atoms with Gasteiger partial charge in [-0.3, -0.25) is 4.55 Å². The Hall–Kier alpha value is -1.74. The molecule has 4 saturated carbocycles. The van der Waals surface area contributed by atoms with E-state index in [1.807, 2.05) is 0 Å². The molecule has 0 radical (unpaired) electrons. The minimum atomic E-state index is -6.21. The van der Waals surface area contributed by atoms with Crippen LogP contribution in [-0.4, -0.2) is 61.0 Å². The lowest BCUT2D eigenvalue weighted by Gasteiger charge is -2.56. The molecule has 0 aliphatic heterocycles. The molecule has 15 heteroatoms. The van der Waals surface area contributed by atoms with Crippen LogP contribution in [0.5, 0.6) is 0 Å². The molecule has 2 N–H and O–H groups in total. The van der Waals surface area contributed by atoms with Gasteiger partial charge in [-0.15, -0.1) is 0 Å². The van der Waals surface area contributed by atoms with Crippen molar-refractivity contribution in [3.05, 3.63) is 0 Å². The highest BCUT2D eigenvalue weighted by Gasteiger charge is 2.69. The van der Waals surface area contributed by atoms with Crippen molar-refractivity contribution in [3.8, 4) is 0 Å². The van der Waals surface area contributed by atoms with Crippen LogP contribution in [-0.2, 0) is 29.1 Å². The van der Waals surface area contributed by atoms with Gasteiger partial charge in [0.25, 0.3) is 0 Å². The standard InChI is InChI=1S/C18H24F5NO8S/c1-2-30-13(25)17(18(21,22)23,31-9-16(19,20)33(27,28)29)32-14(26)24-15-6-10-3-11(7-15)5-12(4-10)8-15/h10-12H,2-9H2,1H3,(H,24,26)(H,27,28,29). The van der Waals surface area contributed by atoms with E-state index in [1.165, 1.54) is 0 Å². The number of ether oxygens (including phenoxy) is 3. The van der Waals surface area contributed by atoms with Crippen molar-refractivity contribution in [2.24, 2.45) is 17.8 Å². The van der Waals surface area contributed by atoms with E-state index in [9.17, 15) is 40.0 Å². The fourth-order valence-corrected chi connectivity index (χ4v) is 5.72. The van der Waals surface area contributed by atoms with E-state index in [0.29, 0.717) is 19.3 Å². The third-order valence-corrected chi connectivity index (χ3v) is 7.25. The van der Waals surface area contributed by atoms with Gasteiger partial charge in [-0.2, -0.15) is 30.4 Å². The predicted molar refractivity (Wildman–Crippen MR) is 98.4 cm³/mol. The minimum Gasteiger partial charge on any atom is -0.461 e. The van der Waals surface area contributed by atoms with Crippen LogP contribution in [0.4, 0.5) is 26.7 Å². The third kappa shape index (κ3) is 5.04. The summed E-state index contributed by atoms with van der Waals surface area (Å²) in [5.74, 6) is -6.25. The van der Waals surface area contributed by atoms with Crippen LogP contribution in [0.2, 0.25) is 0 Å². The molecule has 0 saturated heterocycles. The van der Waals surface area contributed by atoms with E-state index in [4.69, 9.17) is 4.55 Å². The minimum absolute atomic E-state index is 0.277. The molecule has 4 aliphatic carbocycles. The Balaban J connectivity index is 1.85. The van der Waals surface area contributed by atoms with Crippen molar-refractivity contribution in [1.29, 1.82) is 0 Å². The number of amides is 1.